The molecule has 1 atom stereocenters. The Labute approximate surface area is 72.1 Å². The molecule has 0 radical (unpaired) electrons. The highest BCUT2D eigenvalue weighted by molar-refractivity contribution is 7.78. The van der Waals surface area contributed by atoms with Crippen molar-refractivity contribution >= 4 is 17.7 Å². The lowest BCUT2D eigenvalue weighted by Crippen LogP contribution is -2.29. The van der Waals surface area contributed by atoms with E-state index in [4.69, 9.17) is 9.47 Å². The van der Waals surface area contributed by atoms with E-state index in [1.54, 1.807) is 0 Å². The summed E-state index contributed by atoms with van der Waals surface area (Å²) in [6, 6.07) is 0. The molecule has 1 rings (SSSR count). The van der Waals surface area contributed by atoms with Gasteiger partial charge in [-0.1, -0.05) is 12.2 Å². The largest absolute Gasteiger partial charge is 0.380 e. The zero-order chi connectivity index (χ0) is 8.32. The molecule has 1 N–H and O–H groups in total. The minimum absolute atomic E-state index is 0.129. The highest BCUT2D eigenvalue weighted by Gasteiger charge is 2.31. The van der Waals surface area contributed by atoms with Crippen molar-refractivity contribution in [1.29, 1.82) is 0 Å². The lowest BCUT2D eigenvalue weighted by Gasteiger charge is -2.16. The molecule has 0 aromatic rings. The Kier molecular flexibility index (Phi) is 2.81. The van der Waals surface area contributed by atoms with Crippen LogP contribution in [-0.2, 0) is 9.47 Å². The van der Waals surface area contributed by atoms with Crippen LogP contribution >= 0.6 is 12.2 Å². The maximum atomic E-state index is 5.50. The van der Waals surface area contributed by atoms with Crippen LogP contribution < -0.4 is 5.32 Å². The van der Waals surface area contributed by atoms with Crippen molar-refractivity contribution in [2.45, 2.75) is 25.7 Å². The van der Waals surface area contributed by atoms with E-state index in [-0.39, 0.29) is 6.10 Å². The average molecular weight is 175 g/mol. The fourth-order valence-corrected chi connectivity index (χ4v) is 1.14. The Hall–Kier alpha value is -0.190. The van der Waals surface area contributed by atoms with Gasteiger partial charge in [-0.2, -0.15) is 0 Å². The molecule has 4 heteroatoms. The topological polar surface area (TPSA) is 30.5 Å². The van der Waals surface area contributed by atoms with Crippen LogP contribution in [0.25, 0.3) is 0 Å². The molecule has 0 aromatic heterocycles. The van der Waals surface area contributed by atoms with E-state index >= 15 is 0 Å². The average Bonchev–Trinajstić information content (AvgIpc) is 2.26. The molecule has 1 fully saturated rings. The maximum Gasteiger partial charge on any atom is 0.163 e. The van der Waals surface area contributed by atoms with Gasteiger partial charge in [-0.15, -0.1) is 0 Å². The van der Waals surface area contributed by atoms with Crippen LogP contribution in [0.4, 0.5) is 0 Å². The van der Waals surface area contributed by atoms with Crippen molar-refractivity contribution in [3.8, 4) is 0 Å². The van der Waals surface area contributed by atoms with Crippen LogP contribution in [0.5, 0.6) is 0 Å². The first-order valence-corrected chi connectivity index (χ1v) is 4.10. The van der Waals surface area contributed by atoms with Gasteiger partial charge in [0.1, 0.15) is 6.10 Å². The molecular formula is C7H13NO2S. The third kappa shape index (κ3) is 2.73. The van der Waals surface area contributed by atoms with E-state index in [0.717, 1.165) is 6.54 Å². The summed E-state index contributed by atoms with van der Waals surface area (Å²) in [7, 11) is 0. The van der Waals surface area contributed by atoms with Gasteiger partial charge in [-0.05, 0) is 13.8 Å². The van der Waals surface area contributed by atoms with Crippen molar-refractivity contribution in [3.05, 3.63) is 0 Å². The monoisotopic (exact) mass is 175 g/mol. The molecule has 0 spiro atoms. The summed E-state index contributed by atoms with van der Waals surface area (Å²) >= 11 is 4.61. The van der Waals surface area contributed by atoms with Gasteiger partial charge in [0.2, 0.25) is 0 Å². The van der Waals surface area contributed by atoms with Gasteiger partial charge < -0.3 is 14.8 Å². The normalized spacial score (nSPS) is 28.4. The number of nitrogens with one attached hydrogen (secondary N) is 1. The molecule has 0 saturated carbocycles. The minimum atomic E-state index is -0.423. The first-order valence-electron chi connectivity index (χ1n) is 3.63. The molecule has 11 heavy (non-hydrogen) atoms. The second-order valence-electron chi connectivity index (χ2n) is 2.98. The van der Waals surface area contributed by atoms with Crippen molar-refractivity contribution in [2.24, 2.45) is 0 Å². The second kappa shape index (κ2) is 3.47. The summed E-state index contributed by atoms with van der Waals surface area (Å²) in [5.74, 6) is -0.423. The van der Waals surface area contributed by atoms with E-state index in [1.165, 1.54) is 5.49 Å². The van der Waals surface area contributed by atoms with Gasteiger partial charge in [0.25, 0.3) is 0 Å². The standard InChI is InChI=1S/C7H13NO2S/c1-7(2)9-4-6(10-7)3-8-5-11/h5-6H,3-4H2,1-2H3,(H,8,11). The predicted octanol–water partition coefficient (Wildman–Crippen LogP) is 0.685. The van der Waals surface area contributed by atoms with E-state index in [0.29, 0.717) is 6.61 Å². The highest BCUT2D eigenvalue weighted by atomic mass is 32.1. The Bertz CT molecular complexity index is 149. The molecular weight excluding hydrogens is 162 g/mol. The van der Waals surface area contributed by atoms with Crippen LogP contribution in [0.15, 0.2) is 0 Å². The van der Waals surface area contributed by atoms with Gasteiger partial charge in [0.15, 0.2) is 5.79 Å². The smallest absolute Gasteiger partial charge is 0.163 e. The van der Waals surface area contributed by atoms with E-state index in [9.17, 15) is 0 Å². The fraction of sp³-hybridized carbons (Fsp3) is 0.857. The first-order chi connectivity index (χ1) is 5.14. The summed E-state index contributed by atoms with van der Waals surface area (Å²) in [5, 5.41) is 2.91. The quantitative estimate of drug-likeness (QED) is 0.639. The zero-order valence-corrected chi connectivity index (χ0v) is 7.61. The fourth-order valence-electron chi connectivity index (χ4n) is 1.04. The molecule has 1 unspecified atom stereocenters. The summed E-state index contributed by atoms with van der Waals surface area (Å²) in [4.78, 5) is 0. The van der Waals surface area contributed by atoms with Crippen molar-refractivity contribution in [1.82, 2.24) is 5.32 Å². The third-order valence-electron chi connectivity index (χ3n) is 1.50. The van der Waals surface area contributed by atoms with Gasteiger partial charge in [0, 0.05) is 6.54 Å². The molecule has 64 valence electrons. The van der Waals surface area contributed by atoms with Crippen molar-refractivity contribution in [2.75, 3.05) is 13.2 Å². The maximum absolute atomic E-state index is 5.50. The van der Waals surface area contributed by atoms with E-state index in [2.05, 4.69) is 17.5 Å². The van der Waals surface area contributed by atoms with Crippen LogP contribution in [0, 0.1) is 0 Å². The summed E-state index contributed by atoms with van der Waals surface area (Å²) in [6.45, 7) is 5.19. The number of rotatable bonds is 3. The van der Waals surface area contributed by atoms with Crippen molar-refractivity contribution < 1.29 is 9.47 Å². The molecule has 1 aliphatic rings. The number of hydrogen-bond acceptors (Lipinski definition) is 3. The SMILES string of the molecule is CC1(C)OCC(CNC=S)O1. The third-order valence-corrected chi connectivity index (χ3v) is 1.66. The van der Waals surface area contributed by atoms with Gasteiger partial charge in [-0.3, -0.25) is 0 Å². The molecule has 1 heterocycles. The predicted molar refractivity (Wildman–Crippen MR) is 46.6 cm³/mol. The van der Waals surface area contributed by atoms with Gasteiger partial charge in [-0.25, -0.2) is 0 Å². The Morgan fingerprint density at radius 1 is 1.73 bits per heavy atom. The second-order valence-corrected chi connectivity index (χ2v) is 3.21. The molecule has 0 aliphatic carbocycles. The van der Waals surface area contributed by atoms with Crippen molar-refractivity contribution in [3.63, 3.8) is 0 Å². The molecule has 1 aliphatic heterocycles. The van der Waals surface area contributed by atoms with Crippen LogP contribution in [0.2, 0.25) is 0 Å². The summed E-state index contributed by atoms with van der Waals surface area (Å²) < 4.78 is 10.8. The summed E-state index contributed by atoms with van der Waals surface area (Å²) in [5.41, 5.74) is 1.49. The zero-order valence-electron chi connectivity index (χ0n) is 6.79. The molecule has 0 amide bonds. The molecule has 0 aromatic carbocycles. The van der Waals surface area contributed by atoms with Crippen LogP contribution in [0.1, 0.15) is 13.8 Å². The molecule has 3 nitrogen and oxygen atoms in total. The van der Waals surface area contributed by atoms with E-state index < -0.39 is 5.79 Å². The number of thiocarbonyl (C=S) groups is 1. The van der Waals surface area contributed by atoms with Crippen LogP contribution in [-0.4, -0.2) is 30.5 Å². The Balaban J connectivity index is 2.24. The lowest BCUT2D eigenvalue weighted by molar-refractivity contribution is -0.137. The minimum Gasteiger partial charge on any atom is -0.380 e. The first kappa shape index (κ1) is 8.90. The summed E-state index contributed by atoms with van der Waals surface area (Å²) in [6.07, 6.45) is 0.129. The van der Waals surface area contributed by atoms with Gasteiger partial charge in [0.05, 0.1) is 12.1 Å². The van der Waals surface area contributed by atoms with E-state index in [1.807, 2.05) is 13.8 Å². The van der Waals surface area contributed by atoms with Gasteiger partial charge >= 0.3 is 0 Å². The molecule has 0 bridgehead atoms. The lowest BCUT2D eigenvalue weighted by atomic mass is 10.4. The Morgan fingerprint density at radius 2 is 2.45 bits per heavy atom. The molecule has 1 saturated heterocycles. The number of ether oxygens (including phenoxy) is 2. The number of hydrogen-bond donors (Lipinski definition) is 1. The highest BCUT2D eigenvalue weighted by Crippen LogP contribution is 2.21. The van der Waals surface area contributed by atoms with Crippen LogP contribution in [0.3, 0.4) is 0 Å². The Morgan fingerprint density at radius 3 is 2.91 bits per heavy atom.